The van der Waals surface area contributed by atoms with Crippen LogP contribution >= 0.6 is 11.6 Å². The van der Waals surface area contributed by atoms with Gasteiger partial charge in [0.05, 0.1) is 11.9 Å². The van der Waals surface area contributed by atoms with Gasteiger partial charge in [0.25, 0.3) is 0 Å². The predicted molar refractivity (Wildman–Crippen MR) is 105 cm³/mol. The lowest BCUT2D eigenvalue weighted by molar-refractivity contribution is 0.140. The summed E-state index contributed by atoms with van der Waals surface area (Å²) in [5, 5.41) is 14.4. The number of aromatic nitrogens is 2. The van der Waals surface area contributed by atoms with Crippen LogP contribution in [-0.4, -0.2) is 21.7 Å². The molecule has 0 saturated heterocycles. The number of aryl methyl sites for hydroxylation is 1. The van der Waals surface area contributed by atoms with E-state index in [1.807, 2.05) is 12.1 Å². The number of hydrogen-bond donors (Lipinski definition) is 1. The molecular weight excluding hydrogens is 346 g/mol. The molecule has 134 valence electrons. The molecule has 0 unspecified atom stereocenters. The van der Waals surface area contributed by atoms with Crippen molar-refractivity contribution in [3.63, 3.8) is 0 Å². The number of benzene rings is 2. The molecular formula is C21H22ClN3O. The van der Waals surface area contributed by atoms with Crippen LogP contribution in [0.15, 0.2) is 48.7 Å². The van der Waals surface area contributed by atoms with Crippen molar-refractivity contribution in [3.8, 4) is 0 Å². The molecule has 0 aliphatic carbocycles. The van der Waals surface area contributed by atoms with E-state index in [4.69, 9.17) is 11.6 Å². The molecule has 1 aliphatic heterocycles. The summed E-state index contributed by atoms with van der Waals surface area (Å²) in [4.78, 5) is 3.27. The maximum absolute atomic E-state index is 9.80. The Bertz CT molecular complexity index is 922. The molecule has 0 bridgehead atoms. The third-order valence-corrected chi connectivity index (χ3v) is 5.57. The Balaban J connectivity index is 1.83. The first-order valence-corrected chi connectivity index (χ1v) is 9.16. The summed E-state index contributed by atoms with van der Waals surface area (Å²) >= 11 is 6.33. The zero-order valence-electron chi connectivity index (χ0n) is 15.2. The number of halogens is 1. The summed E-state index contributed by atoms with van der Waals surface area (Å²) in [5.41, 5.74) is 6.80. The Labute approximate surface area is 158 Å². The standard InChI is InChI=1S/C21H22ClN3O/c1-14-4-6-19-17(12-14)21(2,3)18-13-15(22)5-7-20(18)24(19)11-9-16-8-10-23-25(16)26/h4-8,10,12-13,26H,9,11H2,1-3H3. The molecule has 4 nitrogen and oxygen atoms in total. The zero-order chi connectivity index (χ0) is 18.5. The smallest absolute Gasteiger partial charge is 0.0816 e. The van der Waals surface area contributed by atoms with Gasteiger partial charge >= 0.3 is 0 Å². The summed E-state index contributed by atoms with van der Waals surface area (Å²) in [5.74, 6) is 0. The molecule has 0 saturated carbocycles. The highest BCUT2D eigenvalue weighted by atomic mass is 35.5. The van der Waals surface area contributed by atoms with Crippen molar-refractivity contribution in [2.45, 2.75) is 32.6 Å². The lowest BCUT2D eigenvalue weighted by atomic mass is 9.73. The topological polar surface area (TPSA) is 41.3 Å². The highest BCUT2D eigenvalue weighted by Gasteiger charge is 2.36. The second-order valence-electron chi connectivity index (χ2n) is 7.42. The zero-order valence-corrected chi connectivity index (χ0v) is 16.0. The molecule has 0 radical (unpaired) electrons. The largest absolute Gasteiger partial charge is 0.411 e. The van der Waals surface area contributed by atoms with Crippen molar-refractivity contribution in [2.24, 2.45) is 0 Å². The fourth-order valence-corrected chi connectivity index (χ4v) is 4.05. The molecule has 5 heteroatoms. The van der Waals surface area contributed by atoms with Gasteiger partial charge in [0.1, 0.15) is 0 Å². The fourth-order valence-electron chi connectivity index (χ4n) is 3.88. The molecule has 0 amide bonds. The number of anilines is 2. The third kappa shape index (κ3) is 2.65. The van der Waals surface area contributed by atoms with E-state index in [1.165, 1.54) is 28.1 Å². The Kier molecular flexibility index (Phi) is 3.96. The highest BCUT2D eigenvalue weighted by molar-refractivity contribution is 6.30. The first kappa shape index (κ1) is 17.0. The fraction of sp³-hybridized carbons (Fsp3) is 0.286. The second kappa shape index (κ2) is 6.06. The summed E-state index contributed by atoms with van der Waals surface area (Å²) in [6.07, 6.45) is 2.30. The molecule has 2 aromatic carbocycles. The van der Waals surface area contributed by atoms with Crippen LogP contribution in [0.2, 0.25) is 5.02 Å². The first-order chi connectivity index (χ1) is 12.4. The molecule has 1 aromatic heterocycles. The molecule has 0 atom stereocenters. The van der Waals surface area contributed by atoms with E-state index in [2.05, 4.69) is 61.1 Å². The van der Waals surface area contributed by atoms with Crippen LogP contribution in [0.25, 0.3) is 0 Å². The van der Waals surface area contributed by atoms with Crippen LogP contribution in [0.4, 0.5) is 11.4 Å². The second-order valence-corrected chi connectivity index (χ2v) is 7.86. The number of rotatable bonds is 3. The predicted octanol–water partition coefficient (Wildman–Crippen LogP) is 5.10. The average molecular weight is 368 g/mol. The molecule has 3 aromatic rings. The highest BCUT2D eigenvalue weighted by Crippen LogP contribution is 2.49. The monoisotopic (exact) mass is 367 g/mol. The van der Waals surface area contributed by atoms with Gasteiger partial charge in [0.15, 0.2) is 0 Å². The van der Waals surface area contributed by atoms with Crippen LogP contribution in [0.5, 0.6) is 0 Å². The van der Waals surface area contributed by atoms with E-state index in [9.17, 15) is 5.21 Å². The van der Waals surface area contributed by atoms with Gasteiger partial charge in [-0.2, -0.15) is 0 Å². The van der Waals surface area contributed by atoms with E-state index >= 15 is 0 Å². The molecule has 1 aliphatic rings. The third-order valence-electron chi connectivity index (χ3n) is 5.33. The van der Waals surface area contributed by atoms with Crippen LogP contribution in [0.1, 0.15) is 36.2 Å². The normalized spacial score (nSPS) is 14.8. The Morgan fingerprint density at radius 3 is 2.42 bits per heavy atom. The summed E-state index contributed by atoms with van der Waals surface area (Å²) < 4.78 is 0. The quantitative estimate of drug-likeness (QED) is 0.654. The maximum atomic E-state index is 9.80. The molecule has 4 rings (SSSR count). The first-order valence-electron chi connectivity index (χ1n) is 8.79. The minimum Gasteiger partial charge on any atom is -0.411 e. The number of nitrogens with zero attached hydrogens (tertiary/aromatic N) is 3. The van der Waals surface area contributed by atoms with Crippen molar-refractivity contribution in [1.82, 2.24) is 9.94 Å². The van der Waals surface area contributed by atoms with Gasteiger partial charge in [0.2, 0.25) is 0 Å². The van der Waals surface area contributed by atoms with Crippen molar-refractivity contribution in [1.29, 1.82) is 0 Å². The lowest BCUT2D eigenvalue weighted by Crippen LogP contribution is -2.34. The van der Waals surface area contributed by atoms with Gasteiger partial charge < -0.3 is 10.1 Å². The summed E-state index contributed by atoms with van der Waals surface area (Å²) in [6.45, 7) is 7.37. The maximum Gasteiger partial charge on any atom is 0.0816 e. The van der Waals surface area contributed by atoms with E-state index in [0.29, 0.717) is 6.42 Å². The van der Waals surface area contributed by atoms with E-state index in [1.54, 1.807) is 6.20 Å². The summed E-state index contributed by atoms with van der Waals surface area (Å²) in [7, 11) is 0. The van der Waals surface area contributed by atoms with Gasteiger partial charge in [0, 0.05) is 34.8 Å². The van der Waals surface area contributed by atoms with Crippen molar-refractivity contribution in [3.05, 3.63) is 76.1 Å². The Hall–Kier alpha value is -2.46. The van der Waals surface area contributed by atoms with Crippen molar-refractivity contribution >= 4 is 23.0 Å². The molecule has 0 spiro atoms. The van der Waals surface area contributed by atoms with Crippen LogP contribution < -0.4 is 4.90 Å². The minimum absolute atomic E-state index is 0.128. The van der Waals surface area contributed by atoms with Gasteiger partial charge in [-0.1, -0.05) is 43.1 Å². The van der Waals surface area contributed by atoms with Crippen LogP contribution in [0, 0.1) is 6.92 Å². The van der Waals surface area contributed by atoms with Gasteiger partial charge in [-0.25, -0.2) is 0 Å². The minimum atomic E-state index is -0.128. The van der Waals surface area contributed by atoms with Gasteiger partial charge in [-0.05, 0) is 48.4 Å². The SMILES string of the molecule is Cc1ccc2c(c1)C(C)(C)c1cc(Cl)ccc1N2CCc1ccnn1O. The van der Waals surface area contributed by atoms with Gasteiger partial charge in [-0.15, -0.1) is 9.94 Å². The van der Waals surface area contributed by atoms with Crippen molar-refractivity contribution in [2.75, 3.05) is 11.4 Å². The van der Waals surface area contributed by atoms with Gasteiger partial charge in [-0.3, -0.25) is 0 Å². The number of fused-ring (bicyclic) bond motifs is 2. The van der Waals surface area contributed by atoms with Crippen LogP contribution in [0.3, 0.4) is 0 Å². The average Bonchev–Trinajstić information content (AvgIpc) is 3.01. The molecule has 1 N–H and O–H groups in total. The van der Waals surface area contributed by atoms with Crippen LogP contribution in [-0.2, 0) is 11.8 Å². The lowest BCUT2D eigenvalue weighted by Gasteiger charge is -2.42. The molecule has 26 heavy (non-hydrogen) atoms. The summed E-state index contributed by atoms with van der Waals surface area (Å²) in [6, 6.07) is 14.6. The number of hydrogen-bond acceptors (Lipinski definition) is 3. The Morgan fingerprint density at radius 1 is 1.04 bits per heavy atom. The van der Waals surface area contributed by atoms with E-state index in [0.717, 1.165) is 22.1 Å². The molecule has 2 heterocycles. The van der Waals surface area contributed by atoms with E-state index < -0.39 is 0 Å². The van der Waals surface area contributed by atoms with Crippen molar-refractivity contribution < 1.29 is 5.21 Å². The Morgan fingerprint density at radius 2 is 1.73 bits per heavy atom. The molecule has 0 fully saturated rings. The van der Waals surface area contributed by atoms with E-state index in [-0.39, 0.29) is 5.41 Å².